The molecule has 1 fully saturated rings. The lowest BCUT2D eigenvalue weighted by Crippen LogP contribution is -2.01. The van der Waals surface area contributed by atoms with Gasteiger partial charge in [-0.05, 0) is 29.4 Å². The van der Waals surface area contributed by atoms with E-state index in [0.717, 1.165) is 0 Å². The van der Waals surface area contributed by atoms with Crippen LogP contribution in [0.4, 0.5) is 0 Å². The van der Waals surface area contributed by atoms with Gasteiger partial charge in [0.25, 0.3) is 0 Å². The maximum Gasteiger partial charge on any atom is 0.0178 e. The van der Waals surface area contributed by atoms with E-state index in [1.807, 2.05) is 0 Å². The summed E-state index contributed by atoms with van der Waals surface area (Å²) in [6, 6.07) is 8.71. The minimum absolute atomic E-state index is 0.493. The Morgan fingerprint density at radius 2 is 1.83 bits per heavy atom. The molecule has 1 aliphatic carbocycles. The number of hydrogen-bond donors (Lipinski definition) is 1. The monoisotopic (exact) mass is 161 g/mol. The maximum absolute atomic E-state index is 5.52. The number of benzene rings is 1. The topological polar surface area (TPSA) is 26.0 Å². The van der Waals surface area contributed by atoms with Crippen molar-refractivity contribution in [2.24, 2.45) is 5.73 Å². The Labute approximate surface area is 73.6 Å². The average molecular weight is 161 g/mol. The normalized spacial score (nSPS) is 19.2. The third kappa shape index (κ3) is 1.25. The SMILES string of the molecule is CC1(c2ccc(CN)cc2)CC1. The fraction of sp³-hybridized carbons (Fsp3) is 0.455. The van der Waals surface area contributed by atoms with Gasteiger partial charge in [-0.15, -0.1) is 0 Å². The second-order valence-corrected chi connectivity index (χ2v) is 3.96. The van der Waals surface area contributed by atoms with Gasteiger partial charge in [-0.3, -0.25) is 0 Å². The molecule has 1 saturated carbocycles. The predicted molar refractivity (Wildman–Crippen MR) is 50.9 cm³/mol. The molecule has 0 bridgehead atoms. The van der Waals surface area contributed by atoms with Crippen LogP contribution in [0, 0.1) is 0 Å². The number of nitrogens with two attached hydrogens (primary N) is 1. The van der Waals surface area contributed by atoms with Gasteiger partial charge in [0.1, 0.15) is 0 Å². The van der Waals surface area contributed by atoms with Crippen LogP contribution in [0.1, 0.15) is 30.9 Å². The first-order valence-corrected chi connectivity index (χ1v) is 4.54. The van der Waals surface area contributed by atoms with Gasteiger partial charge in [0.05, 0.1) is 0 Å². The van der Waals surface area contributed by atoms with E-state index in [2.05, 4.69) is 31.2 Å². The van der Waals surface area contributed by atoms with Crippen molar-refractivity contribution < 1.29 is 0 Å². The van der Waals surface area contributed by atoms with Crippen LogP contribution >= 0.6 is 0 Å². The van der Waals surface area contributed by atoms with Gasteiger partial charge in [-0.2, -0.15) is 0 Å². The van der Waals surface area contributed by atoms with E-state index in [-0.39, 0.29) is 0 Å². The Morgan fingerprint density at radius 3 is 2.25 bits per heavy atom. The lowest BCUT2D eigenvalue weighted by atomic mass is 9.97. The Bertz CT molecular complexity index is 270. The zero-order valence-corrected chi connectivity index (χ0v) is 7.51. The second kappa shape index (κ2) is 2.60. The van der Waals surface area contributed by atoms with Crippen molar-refractivity contribution in [2.75, 3.05) is 0 Å². The van der Waals surface area contributed by atoms with Crippen LogP contribution in [0.25, 0.3) is 0 Å². The molecule has 0 aliphatic heterocycles. The lowest BCUT2D eigenvalue weighted by molar-refractivity contribution is 0.786. The van der Waals surface area contributed by atoms with Crippen molar-refractivity contribution in [3.8, 4) is 0 Å². The number of rotatable bonds is 2. The molecule has 12 heavy (non-hydrogen) atoms. The van der Waals surface area contributed by atoms with Crippen LogP contribution in [0.3, 0.4) is 0 Å². The van der Waals surface area contributed by atoms with Gasteiger partial charge < -0.3 is 5.73 Å². The van der Waals surface area contributed by atoms with Crippen molar-refractivity contribution in [1.29, 1.82) is 0 Å². The van der Waals surface area contributed by atoms with Gasteiger partial charge in [-0.25, -0.2) is 0 Å². The van der Waals surface area contributed by atoms with Gasteiger partial charge in [0.15, 0.2) is 0 Å². The summed E-state index contributed by atoms with van der Waals surface area (Å²) in [4.78, 5) is 0. The van der Waals surface area contributed by atoms with Crippen LogP contribution in [0.15, 0.2) is 24.3 Å². The van der Waals surface area contributed by atoms with Gasteiger partial charge in [-0.1, -0.05) is 31.2 Å². The molecule has 0 saturated heterocycles. The average Bonchev–Trinajstić information content (AvgIpc) is 2.85. The van der Waals surface area contributed by atoms with E-state index in [9.17, 15) is 0 Å². The molecule has 0 radical (unpaired) electrons. The molecule has 0 amide bonds. The summed E-state index contributed by atoms with van der Waals surface area (Å²) >= 11 is 0. The summed E-state index contributed by atoms with van der Waals surface area (Å²) in [7, 11) is 0. The van der Waals surface area contributed by atoms with E-state index in [4.69, 9.17) is 5.73 Å². The Hall–Kier alpha value is -0.820. The molecule has 1 nitrogen and oxygen atoms in total. The summed E-state index contributed by atoms with van der Waals surface area (Å²) in [6.07, 6.45) is 2.68. The highest BCUT2D eigenvalue weighted by Gasteiger charge is 2.38. The lowest BCUT2D eigenvalue weighted by Gasteiger charge is -2.08. The zero-order chi connectivity index (χ0) is 8.60. The van der Waals surface area contributed by atoms with Crippen LogP contribution in [-0.4, -0.2) is 0 Å². The Kier molecular flexibility index (Phi) is 1.69. The quantitative estimate of drug-likeness (QED) is 0.707. The van der Waals surface area contributed by atoms with Crippen molar-refractivity contribution >= 4 is 0 Å². The molecule has 0 atom stereocenters. The smallest absolute Gasteiger partial charge is 0.0178 e. The van der Waals surface area contributed by atoms with Crippen molar-refractivity contribution in [3.63, 3.8) is 0 Å². The highest BCUT2D eigenvalue weighted by atomic mass is 14.5. The first-order valence-electron chi connectivity index (χ1n) is 4.54. The first kappa shape index (κ1) is 7.81. The minimum atomic E-state index is 0.493. The Morgan fingerprint density at radius 1 is 1.25 bits per heavy atom. The highest BCUT2D eigenvalue weighted by Crippen LogP contribution is 2.47. The van der Waals surface area contributed by atoms with Gasteiger partial charge in [0.2, 0.25) is 0 Å². The first-order chi connectivity index (χ1) is 5.74. The summed E-state index contributed by atoms with van der Waals surface area (Å²) in [6.45, 7) is 2.97. The standard InChI is InChI=1S/C11H15N/c1-11(6-7-11)10-4-2-9(8-12)3-5-10/h2-5H,6-8,12H2,1H3. The Balaban J connectivity index is 2.25. The third-order valence-electron chi connectivity index (χ3n) is 2.89. The summed E-state index contributed by atoms with van der Waals surface area (Å²) in [5.74, 6) is 0. The van der Waals surface area contributed by atoms with E-state index in [1.165, 1.54) is 24.0 Å². The molecule has 0 spiro atoms. The van der Waals surface area contributed by atoms with Crippen LogP contribution < -0.4 is 5.73 Å². The van der Waals surface area contributed by atoms with E-state index < -0.39 is 0 Å². The summed E-state index contributed by atoms with van der Waals surface area (Å²) in [5, 5.41) is 0. The third-order valence-corrected chi connectivity index (χ3v) is 2.89. The van der Waals surface area contributed by atoms with E-state index in [1.54, 1.807) is 0 Å². The second-order valence-electron chi connectivity index (χ2n) is 3.96. The molecule has 2 rings (SSSR count). The maximum atomic E-state index is 5.52. The molecule has 0 aromatic heterocycles. The molecule has 1 aromatic rings. The predicted octanol–water partition coefficient (Wildman–Crippen LogP) is 2.20. The molecule has 0 unspecified atom stereocenters. The summed E-state index contributed by atoms with van der Waals surface area (Å²) in [5.41, 5.74) is 8.71. The summed E-state index contributed by atoms with van der Waals surface area (Å²) < 4.78 is 0. The largest absolute Gasteiger partial charge is 0.326 e. The van der Waals surface area contributed by atoms with E-state index in [0.29, 0.717) is 12.0 Å². The van der Waals surface area contributed by atoms with Crippen LogP contribution in [0.5, 0.6) is 0 Å². The molecule has 0 heterocycles. The van der Waals surface area contributed by atoms with Crippen molar-refractivity contribution in [2.45, 2.75) is 31.7 Å². The molecule has 2 N–H and O–H groups in total. The van der Waals surface area contributed by atoms with Gasteiger partial charge in [0, 0.05) is 6.54 Å². The fourth-order valence-electron chi connectivity index (χ4n) is 1.52. The van der Waals surface area contributed by atoms with Gasteiger partial charge >= 0.3 is 0 Å². The fourth-order valence-corrected chi connectivity index (χ4v) is 1.52. The molecular weight excluding hydrogens is 146 g/mol. The molecule has 1 aromatic carbocycles. The van der Waals surface area contributed by atoms with Crippen molar-refractivity contribution in [3.05, 3.63) is 35.4 Å². The molecular formula is C11H15N. The number of hydrogen-bond acceptors (Lipinski definition) is 1. The molecule has 1 aliphatic rings. The zero-order valence-electron chi connectivity index (χ0n) is 7.51. The highest BCUT2D eigenvalue weighted by molar-refractivity contribution is 5.32. The van der Waals surface area contributed by atoms with Crippen LogP contribution in [-0.2, 0) is 12.0 Å². The molecule has 1 heteroatoms. The van der Waals surface area contributed by atoms with E-state index >= 15 is 0 Å². The van der Waals surface area contributed by atoms with Crippen LogP contribution in [0.2, 0.25) is 0 Å². The van der Waals surface area contributed by atoms with Crippen molar-refractivity contribution in [1.82, 2.24) is 0 Å². The minimum Gasteiger partial charge on any atom is -0.326 e. The molecule has 64 valence electrons.